The minimum atomic E-state index is -0.167. The van der Waals surface area contributed by atoms with E-state index in [0.29, 0.717) is 12.5 Å². The van der Waals surface area contributed by atoms with E-state index in [-0.39, 0.29) is 12.2 Å². The summed E-state index contributed by atoms with van der Waals surface area (Å²) in [6.07, 6.45) is -0.167. The van der Waals surface area contributed by atoms with Crippen molar-refractivity contribution in [1.29, 1.82) is 0 Å². The quantitative estimate of drug-likeness (QED) is 0.608. The van der Waals surface area contributed by atoms with Crippen LogP contribution in [0.1, 0.15) is 13.8 Å². The summed E-state index contributed by atoms with van der Waals surface area (Å²) >= 11 is 0. The number of methoxy groups -OCH3 is 2. The lowest BCUT2D eigenvalue weighted by atomic mass is 9.95. The molecule has 0 aromatic carbocycles. The van der Waals surface area contributed by atoms with Gasteiger partial charge in [-0.05, 0) is 5.92 Å². The van der Waals surface area contributed by atoms with Crippen molar-refractivity contribution in [2.45, 2.75) is 20.1 Å². The van der Waals surface area contributed by atoms with E-state index < -0.39 is 0 Å². The second-order valence-electron chi connectivity index (χ2n) is 2.98. The molecule has 0 spiro atoms. The van der Waals surface area contributed by atoms with Gasteiger partial charge in [-0.25, -0.2) is 0 Å². The monoisotopic (exact) mass is 161 g/mol. The second kappa shape index (κ2) is 5.52. The average molecular weight is 161 g/mol. The summed E-state index contributed by atoms with van der Waals surface area (Å²) in [5.41, 5.74) is 5.57. The number of hydrogen-bond donors (Lipinski definition) is 1. The highest BCUT2D eigenvalue weighted by molar-refractivity contribution is 4.66. The van der Waals surface area contributed by atoms with Crippen LogP contribution in [0.2, 0.25) is 0 Å². The van der Waals surface area contributed by atoms with Gasteiger partial charge in [0.1, 0.15) is 0 Å². The maximum absolute atomic E-state index is 5.57. The SMILES string of the molecule is COC(OC)[C@H](CN)C(C)C. The van der Waals surface area contributed by atoms with Crippen molar-refractivity contribution in [3.8, 4) is 0 Å². The first-order valence-electron chi connectivity index (χ1n) is 3.93. The topological polar surface area (TPSA) is 44.5 Å². The van der Waals surface area contributed by atoms with Crippen molar-refractivity contribution >= 4 is 0 Å². The molecule has 0 saturated carbocycles. The largest absolute Gasteiger partial charge is 0.356 e. The van der Waals surface area contributed by atoms with Crippen LogP contribution in [0.5, 0.6) is 0 Å². The van der Waals surface area contributed by atoms with Crippen LogP contribution in [0.3, 0.4) is 0 Å². The molecule has 2 N–H and O–H groups in total. The predicted octanol–water partition coefficient (Wildman–Crippen LogP) is 0.836. The smallest absolute Gasteiger partial charge is 0.161 e. The van der Waals surface area contributed by atoms with E-state index in [2.05, 4.69) is 13.8 Å². The Bertz CT molecular complexity index is 92.1. The van der Waals surface area contributed by atoms with Gasteiger partial charge in [-0.3, -0.25) is 0 Å². The van der Waals surface area contributed by atoms with Gasteiger partial charge in [0.05, 0.1) is 0 Å². The van der Waals surface area contributed by atoms with E-state index >= 15 is 0 Å². The molecule has 3 nitrogen and oxygen atoms in total. The summed E-state index contributed by atoms with van der Waals surface area (Å²) in [5.74, 6) is 0.773. The normalized spacial score (nSPS) is 14.5. The Morgan fingerprint density at radius 1 is 1.18 bits per heavy atom. The highest BCUT2D eigenvalue weighted by atomic mass is 16.7. The van der Waals surface area contributed by atoms with Gasteiger partial charge in [-0.2, -0.15) is 0 Å². The van der Waals surface area contributed by atoms with Crippen LogP contribution in [0, 0.1) is 11.8 Å². The van der Waals surface area contributed by atoms with Crippen molar-refractivity contribution in [2.75, 3.05) is 20.8 Å². The number of hydrogen-bond acceptors (Lipinski definition) is 3. The molecule has 3 heteroatoms. The highest BCUT2D eigenvalue weighted by Gasteiger charge is 2.22. The van der Waals surface area contributed by atoms with Crippen molar-refractivity contribution in [1.82, 2.24) is 0 Å². The van der Waals surface area contributed by atoms with E-state index in [1.807, 2.05) is 0 Å². The minimum Gasteiger partial charge on any atom is -0.356 e. The van der Waals surface area contributed by atoms with Crippen LogP contribution >= 0.6 is 0 Å². The number of nitrogens with two attached hydrogens (primary N) is 1. The molecule has 0 rings (SSSR count). The molecule has 0 aromatic heterocycles. The Morgan fingerprint density at radius 2 is 1.64 bits per heavy atom. The molecule has 0 unspecified atom stereocenters. The zero-order chi connectivity index (χ0) is 8.85. The maximum atomic E-state index is 5.57. The maximum Gasteiger partial charge on any atom is 0.161 e. The van der Waals surface area contributed by atoms with E-state index in [1.165, 1.54) is 0 Å². The molecule has 0 aliphatic heterocycles. The molecule has 1 atom stereocenters. The van der Waals surface area contributed by atoms with Gasteiger partial charge in [0, 0.05) is 26.7 Å². The zero-order valence-corrected chi connectivity index (χ0v) is 7.83. The van der Waals surface area contributed by atoms with Crippen molar-refractivity contribution in [2.24, 2.45) is 17.6 Å². The second-order valence-corrected chi connectivity index (χ2v) is 2.98. The Balaban J connectivity index is 3.98. The molecule has 0 saturated heterocycles. The summed E-state index contributed by atoms with van der Waals surface area (Å²) in [6, 6.07) is 0. The lowest BCUT2D eigenvalue weighted by Crippen LogP contribution is -2.34. The van der Waals surface area contributed by atoms with Crippen molar-refractivity contribution in [3.05, 3.63) is 0 Å². The lowest BCUT2D eigenvalue weighted by Gasteiger charge is -2.26. The summed E-state index contributed by atoms with van der Waals surface area (Å²) in [5, 5.41) is 0. The fourth-order valence-corrected chi connectivity index (χ4v) is 1.14. The van der Waals surface area contributed by atoms with Gasteiger partial charge in [-0.1, -0.05) is 13.8 Å². The zero-order valence-electron chi connectivity index (χ0n) is 7.83. The molecule has 0 bridgehead atoms. The summed E-state index contributed by atoms with van der Waals surface area (Å²) in [6.45, 7) is 4.83. The lowest BCUT2D eigenvalue weighted by molar-refractivity contribution is -0.144. The van der Waals surface area contributed by atoms with Gasteiger partial charge in [0.25, 0.3) is 0 Å². The molecular formula is C8H19NO2. The third-order valence-corrected chi connectivity index (χ3v) is 1.94. The van der Waals surface area contributed by atoms with Gasteiger partial charge < -0.3 is 15.2 Å². The van der Waals surface area contributed by atoms with Crippen molar-refractivity contribution in [3.63, 3.8) is 0 Å². The van der Waals surface area contributed by atoms with Gasteiger partial charge in [-0.15, -0.1) is 0 Å². The summed E-state index contributed by atoms with van der Waals surface area (Å²) in [7, 11) is 3.28. The fourth-order valence-electron chi connectivity index (χ4n) is 1.14. The van der Waals surface area contributed by atoms with Gasteiger partial charge in [0.2, 0.25) is 0 Å². The van der Waals surface area contributed by atoms with Crippen LogP contribution in [-0.4, -0.2) is 27.1 Å². The van der Waals surface area contributed by atoms with Crippen LogP contribution in [-0.2, 0) is 9.47 Å². The van der Waals surface area contributed by atoms with Crippen LogP contribution < -0.4 is 5.73 Å². The van der Waals surface area contributed by atoms with E-state index in [4.69, 9.17) is 15.2 Å². The Labute approximate surface area is 68.9 Å². The molecule has 11 heavy (non-hydrogen) atoms. The number of rotatable bonds is 5. The molecule has 0 radical (unpaired) electrons. The first-order valence-corrected chi connectivity index (χ1v) is 3.93. The van der Waals surface area contributed by atoms with E-state index in [9.17, 15) is 0 Å². The molecule has 0 fully saturated rings. The van der Waals surface area contributed by atoms with Gasteiger partial charge in [0.15, 0.2) is 6.29 Å². The summed E-state index contributed by atoms with van der Waals surface area (Å²) in [4.78, 5) is 0. The molecular weight excluding hydrogens is 142 g/mol. The van der Waals surface area contributed by atoms with Crippen LogP contribution in [0.4, 0.5) is 0 Å². The molecule has 0 aliphatic rings. The molecule has 68 valence electrons. The van der Waals surface area contributed by atoms with E-state index in [1.54, 1.807) is 14.2 Å². The third-order valence-electron chi connectivity index (χ3n) is 1.94. The molecule has 0 aliphatic carbocycles. The molecule has 0 aromatic rings. The van der Waals surface area contributed by atoms with E-state index in [0.717, 1.165) is 0 Å². The predicted molar refractivity (Wildman–Crippen MR) is 45.2 cm³/mol. The Kier molecular flexibility index (Phi) is 5.46. The van der Waals surface area contributed by atoms with Crippen LogP contribution in [0.25, 0.3) is 0 Å². The number of ether oxygens (including phenoxy) is 2. The average Bonchev–Trinajstić information content (AvgIpc) is 1.99. The fraction of sp³-hybridized carbons (Fsp3) is 1.00. The van der Waals surface area contributed by atoms with Gasteiger partial charge >= 0.3 is 0 Å². The summed E-state index contributed by atoms with van der Waals surface area (Å²) < 4.78 is 10.2. The van der Waals surface area contributed by atoms with Crippen LogP contribution in [0.15, 0.2) is 0 Å². The first-order chi connectivity index (χ1) is 5.17. The first kappa shape index (κ1) is 10.9. The Hall–Kier alpha value is -0.120. The highest BCUT2D eigenvalue weighted by Crippen LogP contribution is 2.16. The minimum absolute atomic E-state index is 0.167. The third kappa shape index (κ3) is 3.18. The Morgan fingerprint density at radius 3 is 1.73 bits per heavy atom. The molecule has 0 amide bonds. The van der Waals surface area contributed by atoms with Crippen molar-refractivity contribution < 1.29 is 9.47 Å². The molecule has 0 heterocycles. The standard InChI is InChI=1S/C8H19NO2/c1-6(2)7(5-9)8(10-3)11-4/h6-8H,5,9H2,1-4H3/t7-/m1/s1.